The van der Waals surface area contributed by atoms with E-state index in [-0.39, 0.29) is 0 Å². The zero-order valence-corrected chi connectivity index (χ0v) is 17.5. The van der Waals surface area contributed by atoms with Crippen LogP contribution >= 0.6 is 0 Å². The molecule has 1 aliphatic heterocycles. The lowest BCUT2D eigenvalue weighted by Gasteiger charge is -2.26. The summed E-state index contributed by atoms with van der Waals surface area (Å²) in [4.78, 5) is 22.4. The van der Waals surface area contributed by atoms with Crippen molar-refractivity contribution < 1.29 is 29.3 Å². The third-order valence-corrected chi connectivity index (χ3v) is 6.15. The van der Waals surface area contributed by atoms with E-state index in [0.717, 1.165) is 30.2 Å². The summed E-state index contributed by atoms with van der Waals surface area (Å²) in [5.74, 6) is -1.02. The third kappa shape index (κ3) is 5.92. The summed E-state index contributed by atoms with van der Waals surface area (Å²) in [6, 6.07) is 7.52. The highest BCUT2D eigenvalue weighted by Crippen LogP contribution is 2.33. The highest BCUT2D eigenvalue weighted by molar-refractivity contribution is 5.84. The van der Waals surface area contributed by atoms with Crippen LogP contribution in [0, 0.1) is 11.8 Å². The number of aliphatic carboxylic acids is 2. The van der Waals surface area contributed by atoms with E-state index in [0.29, 0.717) is 5.56 Å². The van der Waals surface area contributed by atoms with Crippen LogP contribution in [0.4, 0.5) is 0 Å². The van der Waals surface area contributed by atoms with Gasteiger partial charge in [-0.2, -0.15) is 0 Å². The van der Waals surface area contributed by atoms with Gasteiger partial charge in [0.2, 0.25) is 0 Å². The lowest BCUT2D eigenvalue weighted by molar-refractivity contribution is -0.156. The lowest BCUT2D eigenvalue weighted by atomic mass is 9.80. The maximum absolute atomic E-state index is 11.2. The van der Waals surface area contributed by atoms with Gasteiger partial charge < -0.3 is 19.7 Å². The molecule has 0 aromatic heterocycles. The third-order valence-electron chi connectivity index (χ3n) is 6.15. The Bertz CT molecular complexity index is 711. The first-order valence-electron chi connectivity index (χ1n) is 11.0. The van der Waals surface area contributed by atoms with Crippen LogP contribution < -0.4 is 0 Å². The largest absolute Gasteiger partial charge is 0.479 e. The number of carboxylic acids is 2. The Labute approximate surface area is 177 Å². The number of hydrogen-bond donors (Lipinski definition) is 2. The molecule has 0 unspecified atom stereocenters. The van der Waals surface area contributed by atoms with Gasteiger partial charge in [0.05, 0.1) is 0 Å². The Hall–Kier alpha value is -2.18. The van der Waals surface area contributed by atoms with Gasteiger partial charge in [0.15, 0.2) is 18.5 Å². The molecule has 2 atom stereocenters. The molecule has 1 aromatic carbocycles. The summed E-state index contributed by atoms with van der Waals surface area (Å²) in [5.41, 5.74) is 1.78. The summed E-state index contributed by atoms with van der Waals surface area (Å²) >= 11 is 0. The normalized spacial score (nSPS) is 27.5. The maximum Gasteiger partial charge on any atom is 0.336 e. The zero-order chi connectivity index (χ0) is 21.5. The average molecular weight is 417 g/mol. The van der Waals surface area contributed by atoms with Crippen molar-refractivity contribution in [3.8, 4) is 0 Å². The second kappa shape index (κ2) is 10.7. The highest BCUT2D eigenvalue weighted by Gasteiger charge is 2.46. The topological polar surface area (TPSA) is 93.1 Å². The maximum atomic E-state index is 11.2. The van der Waals surface area contributed by atoms with Gasteiger partial charge in [-0.25, -0.2) is 9.59 Å². The lowest BCUT2D eigenvalue weighted by Crippen LogP contribution is -2.36. The fourth-order valence-corrected chi connectivity index (χ4v) is 4.43. The van der Waals surface area contributed by atoms with E-state index in [4.69, 9.17) is 19.7 Å². The van der Waals surface area contributed by atoms with Crippen LogP contribution in [0.25, 0.3) is 0 Å². The van der Waals surface area contributed by atoms with Crippen molar-refractivity contribution in [1.29, 1.82) is 0 Å². The summed E-state index contributed by atoms with van der Waals surface area (Å²) in [6.45, 7) is 2.27. The molecule has 3 rings (SSSR count). The second-order valence-corrected chi connectivity index (χ2v) is 8.40. The summed E-state index contributed by atoms with van der Waals surface area (Å²) in [6.07, 6.45) is 10.6. The van der Waals surface area contributed by atoms with Crippen LogP contribution in [0.1, 0.15) is 69.3 Å². The van der Waals surface area contributed by atoms with Crippen molar-refractivity contribution in [2.75, 3.05) is 0 Å². The molecular weight excluding hydrogens is 384 g/mol. The minimum Gasteiger partial charge on any atom is -0.479 e. The van der Waals surface area contributed by atoms with E-state index in [1.807, 2.05) is 24.3 Å². The molecule has 6 nitrogen and oxygen atoms in total. The minimum atomic E-state index is -1.51. The van der Waals surface area contributed by atoms with Crippen LogP contribution in [0.15, 0.2) is 36.4 Å². The second-order valence-electron chi connectivity index (χ2n) is 8.40. The standard InChI is InChI=1S/C24H32O6/c1-2-5-16-8-10-17(11-9-16)6-3-4-7-18-12-14-19(15-13-18)24-29-20(22(25)26)21(30-24)23(27)28/h3,6,12-17,20-21,24H,2,4-5,7-11H2,1H3,(H,25,26)(H,27,28)/b6-3+/t16?,17?,20-,21-/m1/s1. The number of benzene rings is 1. The Balaban J connectivity index is 1.45. The number of allylic oxidation sites excluding steroid dienone is 2. The molecule has 30 heavy (non-hydrogen) atoms. The van der Waals surface area contributed by atoms with E-state index in [2.05, 4.69) is 19.1 Å². The SMILES string of the molecule is CCCC1CCC(/C=C/CCc2ccc(C3O[C@@H](C(=O)O)[C@H](C(=O)O)O3)cc2)CC1. The molecule has 0 bridgehead atoms. The Kier molecular flexibility index (Phi) is 8.05. The molecule has 1 saturated heterocycles. The number of carbonyl (C=O) groups is 2. The Morgan fingerprint density at radius 1 is 1.00 bits per heavy atom. The van der Waals surface area contributed by atoms with Crippen LogP contribution in [0.3, 0.4) is 0 Å². The predicted molar refractivity (Wildman–Crippen MR) is 112 cm³/mol. The monoisotopic (exact) mass is 416 g/mol. The highest BCUT2D eigenvalue weighted by atomic mass is 16.7. The van der Waals surface area contributed by atoms with Crippen molar-refractivity contribution in [3.63, 3.8) is 0 Å². The molecule has 2 N–H and O–H groups in total. The van der Waals surface area contributed by atoms with Crippen molar-refractivity contribution >= 4 is 11.9 Å². The first-order valence-corrected chi connectivity index (χ1v) is 11.0. The molecule has 2 aliphatic rings. The summed E-state index contributed by atoms with van der Waals surface area (Å²) in [5, 5.41) is 18.2. The molecule has 1 heterocycles. The fourth-order valence-electron chi connectivity index (χ4n) is 4.43. The van der Waals surface area contributed by atoms with Gasteiger partial charge >= 0.3 is 11.9 Å². The van der Waals surface area contributed by atoms with Crippen molar-refractivity contribution in [1.82, 2.24) is 0 Å². The van der Waals surface area contributed by atoms with Crippen LogP contribution in [-0.4, -0.2) is 34.4 Å². The number of hydrogen-bond acceptors (Lipinski definition) is 4. The van der Waals surface area contributed by atoms with E-state index >= 15 is 0 Å². The molecule has 2 fully saturated rings. The average Bonchev–Trinajstić information content (AvgIpc) is 3.19. The first kappa shape index (κ1) is 22.5. The number of aryl methyl sites for hydroxylation is 1. The summed E-state index contributed by atoms with van der Waals surface area (Å²) < 4.78 is 10.6. The van der Waals surface area contributed by atoms with Gasteiger partial charge in [-0.3, -0.25) is 0 Å². The molecular formula is C24H32O6. The summed E-state index contributed by atoms with van der Waals surface area (Å²) in [7, 11) is 0. The fraction of sp³-hybridized carbons (Fsp3) is 0.583. The zero-order valence-electron chi connectivity index (χ0n) is 17.5. The molecule has 0 radical (unpaired) electrons. The van der Waals surface area contributed by atoms with Crippen LogP contribution in [0.5, 0.6) is 0 Å². The smallest absolute Gasteiger partial charge is 0.336 e. The van der Waals surface area contributed by atoms with Crippen LogP contribution in [0.2, 0.25) is 0 Å². The van der Waals surface area contributed by atoms with Gasteiger partial charge in [0.1, 0.15) is 0 Å². The minimum absolute atomic E-state index is 0.619. The number of ether oxygens (including phenoxy) is 2. The van der Waals surface area contributed by atoms with Crippen LogP contribution in [-0.2, 0) is 25.5 Å². The molecule has 164 valence electrons. The van der Waals surface area contributed by atoms with E-state index in [9.17, 15) is 9.59 Å². The van der Waals surface area contributed by atoms with Crippen molar-refractivity contribution in [2.45, 2.75) is 76.8 Å². The Morgan fingerprint density at radius 3 is 2.13 bits per heavy atom. The molecule has 6 heteroatoms. The van der Waals surface area contributed by atoms with E-state index in [1.54, 1.807) is 0 Å². The number of carboxylic acid groups (broad SMARTS) is 2. The molecule has 0 spiro atoms. The Morgan fingerprint density at radius 2 is 1.60 bits per heavy atom. The predicted octanol–water partition coefficient (Wildman–Crippen LogP) is 4.73. The van der Waals surface area contributed by atoms with Crippen molar-refractivity contribution in [3.05, 3.63) is 47.5 Å². The van der Waals surface area contributed by atoms with Gasteiger partial charge in [-0.1, -0.05) is 56.2 Å². The molecule has 1 saturated carbocycles. The molecule has 0 amide bonds. The van der Waals surface area contributed by atoms with E-state index in [1.165, 1.54) is 38.5 Å². The molecule has 1 aromatic rings. The van der Waals surface area contributed by atoms with Gasteiger partial charge in [-0.15, -0.1) is 0 Å². The van der Waals surface area contributed by atoms with E-state index < -0.39 is 30.4 Å². The number of rotatable bonds is 9. The molecule has 1 aliphatic carbocycles. The van der Waals surface area contributed by atoms with Gasteiger partial charge in [-0.05, 0) is 55.9 Å². The first-order chi connectivity index (χ1) is 14.5. The van der Waals surface area contributed by atoms with Gasteiger partial charge in [0, 0.05) is 5.56 Å². The van der Waals surface area contributed by atoms with Crippen molar-refractivity contribution in [2.24, 2.45) is 11.8 Å². The quantitative estimate of drug-likeness (QED) is 0.565. The van der Waals surface area contributed by atoms with Gasteiger partial charge in [0.25, 0.3) is 0 Å².